The van der Waals surface area contributed by atoms with E-state index in [1.165, 1.54) is 6.42 Å². The van der Waals surface area contributed by atoms with Gasteiger partial charge in [-0.05, 0) is 49.3 Å². The average Bonchev–Trinajstić information content (AvgIpc) is 3.02. The van der Waals surface area contributed by atoms with Gasteiger partial charge < -0.3 is 15.4 Å². The van der Waals surface area contributed by atoms with Crippen molar-refractivity contribution in [3.63, 3.8) is 0 Å². The van der Waals surface area contributed by atoms with E-state index in [4.69, 9.17) is 16.3 Å². The largest absolute Gasteiger partial charge is 0.381 e. The summed E-state index contributed by atoms with van der Waals surface area (Å²) < 4.78 is 5.39. The molecule has 5 heteroatoms. The number of benzene rings is 1. The van der Waals surface area contributed by atoms with Gasteiger partial charge in [0.2, 0.25) is 5.91 Å². The Morgan fingerprint density at radius 1 is 1.35 bits per heavy atom. The lowest BCUT2D eigenvalue weighted by molar-refractivity contribution is -0.133. The fourth-order valence-corrected chi connectivity index (χ4v) is 3.50. The molecule has 1 amide bonds. The van der Waals surface area contributed by atoms with Crippen LogP contribution in [0.5, 0.6) is 0 Å². The van der Waals surface area contributed by atoms with E-state index in [0.717, 1.165) is 62.7 Å². The van der Waals surface area contributed by atoms with Gasteiger partial charge in [-0.15, -0.1) is 0 Å². The molecule has 0 aromatic heterocycles. The SMILES string of the molecule is O=C(NCCCC1CCOC1)C1(Cc2ccc(Cl)cc2)CNC1. The smallest absolute Gasteiger partial charge is 0.229 e. The second-order valence-electron chi connectivity index (χ2n) is 6.81. The van der Waals surface area contributed by atoms with Crippen LogP contribution in [0, 0.1) is 11.3 Å². The molecular formula is C18H25ClN2O2. The van der Waals surface area contributed by atoms with E-state index >= 15 is 0 Å². The zero-order valence-electron chi connectivity index (χ0n) is 13.4. The minimum atomic E-state index is -0.301. The number of rotatable bonds is 7. The highest BCUT2D eigenvalue weighted by molar-refractivity contribution is 6.30. The van der Waals surface area contributed by atoms with Gasteiger partial charge in [-0.1, -0.05) is 23.7 Å². The molecule has 0 saturated carbocycles. The molecule has 2 N–H and O–H groups in total. The quantitative estimate of drug-likeness (QED) is 0.752. The third-order valence-electron chi connectivity index (χ3n) is 4.96. The third-order valence-corrected chi connectivity index (χ3v) is 5.21. The summed E-state index contributed by atoms with van der Waals surface area (Å²) in [7, 11) is 0. The molecule has 1 aromatic carbocycles. The van der Waals surface area contributed by atoms with Gasteiger partial charge in [0, 0.05) is 37.9 Å². The van der Waals surface area contributed by atoms with Gasteiger partial charge in [0.25, 0.3) is 0 Å². The molecule has 0 bridgehead atoms. The van der Waals surface area contributed by atoms with E-state index in [0.29, 0.717) is 5.92 Å². The molecule has 1 unspecified atom stereocenters. The molecule has 2 saturated heterocycles. The summed E-state index contributed by atoms with van der Waals surface area (Å²) in [5, 5.41) is 7.11. The maximum Gasteiger partial charge on any atom is 0.229 e. The monoisotopic (exact) mass is 336 g/mol. The highest BCUT2D eigenvalue weighted by Crippen LogP contribution is 2.28. The molecule has 0 aliphatic carbocycles. The molecule has 0 spiro atoms. The lowest BCUT2D eigenvalue weighted by atomic mass is 9.75. The first kappa shape index (κ1) is 16.7. The first-order valence-corrected chi connectivity index (χ1v) is 8.87. The third kappa shape index (κ3) is 4.25. The summed E-state index contributed by atoms with van der Waals surface area (Å²) in [4.78, 5) is 12.6. The van der Waals surface area contributed by atoms with E-state index in [1.54, 1.807) is 0 Å². The van der Waals surface area contributed by atoms with Gasteiger partial charge in [0.1, 0.15) is 0 Å². The average molecular weight is 337 g/mol. The molecule has 2 fully saturated rings. The van der Waals surface area contributed by atoms with Crippen LogP contribution in [-0.4, -0.2) is 38.8 Å². The Bertz CT molecular complexity index is 522. The zero-order chi connectivity index (χ0) is 16.1. The summed E-state index contributed by atoms with van der Waals surface area (Å²) in [6.45, 7) is 4.04. The minimum Gasteiger partial charge on any atom is -0.381 e. The number of hydrogen-bond donors (Lipinski definition) is 2. The Kier molecular flexibility index (Phi) is 5.57. The van der Waals surface area contributed by atoms with Crippen molar-refractivity contribution in [2.75, 3.05) is 32.8 Å². The lowest BCUT2D eigenvalue weighted by Gasteiger charge is -2.41. The van der Waals surface area contributed by atoms with Crippen molar-refractivity contribution in [1.29, 1.82) is 0 Å². The maximum absolute atomic E-state index is 12.6. The van der Waals surface area contributed by atoms with Crippen LogP contribution in [0.1, 0.15) is 24.8 Å². The summed E-state index contributed by atoms with van der Waals surface area (Å²) in [5.74, 6) is 0.856. The standard InChI is InChI=1S/C18H25ClN2O2/c19-16-5-3-14(4-6-16)10-18(12-20-13-18)17(22)21-8-1-2-15-7-9-23-11-15/h3-6,15,20H,1-2,7-13H2,(H,21,22). The van der Waals surface area contributed by atoms with Gasteiger partial charge >= 0.3 is 0 Å². The van der Waals surface area contributed by atoms with Crippen molar-refractivity contribution in [2.45, 2.75) is 25.7 Å². The number of amides is 1. The Morgan fingerprint density at radius 3 is 2.74 bits per heavy atom. The molecule has 126 valence electrons. The summed E-state index contributed by atoms with van der Waals surface area (Å²) >= 11 is 5.93. The van der Waals surface area contributed by atoms with Crippen LogP contribution in [-0.2, 0) is 16.0 Å². The van der Waals surface area contributed by atoms with Gasteiger partial charge in [0.05, 0.1) is 5.41 Å². The van der Waals surface area contributed by atoms with E-state index in [1.807, 2.05) is 24.3 Å². The predicted molar refractivity (Wildman–Crippen MR) is 91.6 cm³/mol. The van der Waals surface area contributed by atoms with Crippen LogP contribution in [0.25, 0.3) is 0 Å². The van der Waals surface area contributed by atoms with Crippen molar-refractivity contribution in [3.8, 4) is 0 Å². The normalized spacial score (nSPS) is 22.6. The van der Waals surface area contributed by atoms with Crippen LogP contribution in [0.4, 0.5) is 0 Å². The molecule has 0 radical (unpaired) electrons. The fourth-order valence-electron chi connectivity index (χ4n) is 3.38. The van der Waals surface area contributed by atoms with Gasteiger partial charge in [-0.3, -0.25) is 4.79 Å². The van der Waals surface area contributed by atoms with Crippen LogP contribution >= 0.6 is 11.6 Å². The molecular weight excluding hydrogens is 312 g/mol. The van der Waals surface area contributed by atoms with Crippen molar-refractivity contribution in [1.82, 2.24) is 10.6 Å². The molecule has 23 heavy (non-hydrogen) atoms. The Labute approximate surface area is 142 Å². The number of hydrogen-bond acceptors (Lipinski definition) is 3. The topological polar surface area (TPSA) is 50.4 Å². The summed E-state index contributed by atoms with van der Waals surface area (Å²) in [6, 6.07) is 7.79. The number of ether oxygens (including phenoxy) is 1. The van der Waals surface area contributed by atoms with Crippen LogP contribution in [0.2, 0.25) is 5.02 Å². The molecule has 1 atom stereocenters. The molecule has 4 nitrogen and oxygen atoms in total. The van der Waals surface area contributed by atoms with E-state index in [-0.39, 0.29) is 11.3 Å². The summed E-state index contributed by atoms with van der Waals surface area (Å²) in [5.41, 5.74) is 0.860. The number of carbonyl (C=O) groups excluding carboxylic acids is 1. The minimum absolute atomic E-state index is 0.175. The number of nitrogens with one attached hydrogen (secondary N) is 2. The predicted octanol–water partition coefficient (Wildman–Crippen LogP) is 2.41. The number of halogens is 1. The highest BCUT2D eigenvalue weighted by Gasteiger charge is 2.43. The second-order valence-corrected chi connectivity index (χ2v) is 7.25. The van der Waals surface area contributed by atoms with Crippen molar-refractivity contribution in [2.24, 2.45) is 11.3 Å². The number of carbonyl (C=O) groups is 1. The molecule has 3 rings (SSSR count). The molecule has 2 heterocycles. The van der Waals surface area contributed by atoms with Gasteiger partial charge in [-0.25, -0.2) is 0 Å². The van der Waals surface area contributed by atoms with E-state index < -0.39 is 0 Å². The Hall–Kier alpha value is -1.10. The van der Waals surface area contributed by atoms with Crippen molar-refractivity contribution < 1.29 is 9.53 Å². The second kappa shape index (κ2) is 7.65. The lowest BCUT2D eigenvalue weighted by Crippen LogP contribution is -2.62. The molecule has 2 aliphatic rings. The Balaban J connectivity index is 1.46. The zero-order valence-corrected chi connectivity index (χ0v) is 14.2. The maximum atomic E-state index is 12.6. The van der Waals surface area contributed by atoms with E-state index in [2.05, 4.69) is 10.6 Å². The van der Waals surface area contributed by atoms with Crippen LogP contribution in [0.15, 0.2) is 24.3 Å². The van der Waals surface area contributed by atoms with Gasteiger partial charge in [0.15, 0.2) is 0 Å². The van der Waals surface area contributed by atoms with E-state index in [9.17, 15) is 4.79 Å². The first-order chi connectivity index (χ1) is 11.2. The van der Waals surface area contributed by atoms with Crippen molar-refractivity contribution >= 4 is 17.5 Å². The molecule has 1 aromatic rings. The highest BCUT2D eigenvalue weighted by atomic mass is 35.5. The first-order valence-electron chi connectivity index (χ1n) is 8.49. The van der Waals surface area contributed by atoms with Crippen LogP contribution < -0.4 is 10.6 Å². The van der Waals surface area contributed by atoms with Crippen LogP contribution in [0.3, 0.4) is 0 Å². The Morgan fingerprint density at radius 2 is 2.13 bits per heavy atom. The molecule has 2 aliphatic heterocycles. The van der Waals surface area contributed by atoms with Gasteiger partial charge in [-0.2, -0.15) is 0 Å². The summed E-state index contributed by atoms with van der Waals surface area (Å²) in [6.07, 6.45) is 4.10. The fraction of sp³-hybridized carbons (Fsp3) is 0.611. The van der Waals surface area contributed by atoms with Crippen molar-refractivity contribution in [3.05, 3.63) is 34.9 Å².